The molecule has 0 bridgehead atoms. The van der Waals surface area contributed by atoms with Crippen molar-refractivity contribution in [3.05, 3.63) is 59.7 Å². The van der Waals surface area contributed by atoms with Gasteiger partial charge in [0.05, 0.1) is 18.3 Å². The highest BCUT2D eigenvalue weighted by atomic mass is 16.2. The Hall–Kier alpha value is -2.27. The fourth-order valence-electron chi connectivity index (χ4n) is 1.87. The Balaban J connectivity index is 1.85. The monoisotopic (exact) mass is 270 g/mol. The Kier molecular flexibility index (Phi) is 4.79. The molecule has 0 aliphatic carbocycles. The summed E-state index contributed by atoms with van der Waals surface area (Å²) in [5.41, 5.74) is 7.72. The number of carbonyl (C=O) groups excluding carboxylic acids is 1. The molecule has 1 amide bonds. The van der Waals surface area contributed by atoms with Gasteiger partial charge in [0.1, 0.15) is 5.82 Å². The van der Waals surface area contributed by atoms with Gasteiger partial charge in [0, 0.05) is 6.20 Å². The average Bonchev–Trinajstić information content (AvgIpc) is 2.46. The zero-order valence-corrected chi connectivity index (χ0v) is 11.4. The molecule has 0 spiro atoms. The standard InChI is InChI=1S/C15H18N4O/c1-11-17-8-7-13(19-11)10-18-15(20)14(16)9-12-5-3-2-4-6-12/h2-8,14H,9-10,16H2,1H3,(H,18,20)/t14-/m0/s1. The number of aryl methyl sites for hydroxylation is 1. The van der Waals surface area contributed by atoms with Crippen LogP contribution in [0.4, 0.5) is 0 Å². The van der Waals surface area contributed by atoms with Crippen molar-refractivity contribution < 1.29 is 4.79 Å². The number of nitrogens with one attached hydrogen (secondary N) is 1. The van der Waals surface area contributed by atoms with Gasteiger partial charge in [-0.05, 0) is 25.0 Å². The summed E-state index contributed by atoms with van der Waals surface area (Å²) in [6, 6.07) is 10.9. The van der Waals surface area contributed by atoms with E-state index in [1.54, 1.807) is 12.3 Å². The number of amides is 1. The second-order valence-corrected chi connectivity index (χ2v) is 4.61. The molecule has 2 rings (SSSR count). The smallest absolute Gasteiger partial charge is 0.237 e. The Morgan fingerprint density at radius 2 is 2.05 bits per heavy atom. The third-order valence-electron chi connectivity index (χ3n) is 2.91. The molecule has 0 unspecified atom stereocenters. The summed E-state index contributed by atoms with van der Waals surface area (Å²) in [5, 5.41) is 2.79. The van der Waals surface area contributed by atoms with Crippen LogP contribution < -0.4 is 11.1 Å². The maximum absolute atomic E-state index is 11.9. The van der Waals surface area contributed by atoms with Crippen LogP contribution in [0.15, 0.2) is 42.6 Å². The summed E-state index contributed by atoms with van der Waals surface area (Å²) in [6.45, 7) is 2.18. The molecule has 1 heterocycles. The molecule has 3 N–H and O–H groups in total. The van der Waals surface area contributed by atoms with Gasteiger partial charge >= 0.3 is 0 Å². The molecule has 0 saturated carbocycles. The molecule has 5 heteroatoms. The Morgan fingerprint density at radius 3 is 2.75 bits per heavy atom. The third kappa shape index (κ3) is 4.13. The van der Waals surface area contributed by atoms with Gasteiger partial charge in [-0.1, -0.05) is 30.3 Å². The highest BCUT2D eigenvalue weighted by molar-refractivity contribution is 5.81. The van der Waals surface area contributed by atoms with Crippen LogP contribution in [-0.2, 0) is 17.8 Å². The molecule has 2 aromatic rings. The van der Waals surface area contributed by atoms with E-state index >= 15 is 0 Å². The van der Waals surface area contributed by atoms with Gasteiger partial charge in [-0.2, -0.15) is 0 Å². The van der Waals surface area contributed by atoms with Crippen LogP contribution in [0, 0.1) is 6.92 Å². The summed E-state index contributed by atoms with van der Waals surface area (Å²) in [5.74, 6) is 0.510. The predicted octanol–water partition coefficient (Wildman–Crippen LogP) is 0.971. The van der Waals surface area contributed by atoms with Crippen molar-refractivity contribution in [1.82, 2.24) is 15.3 Å². The second-order valence-electron chi connectivity index (χ2n) is 4.61. The number of benzene rings is 1. The molecule has 0 saturated heterocycles. The Bertz CT molecular complexity index is 571. The van der Waals surface area contributed by atoms with Crippen molar-refractivity contribution in [2.45, 2.75) is 25.9 Å². The molecule has 20 heavy (non-hydrogen) atoms. The van der Waals surface area contributed by atoms with Gasteiger partial charge in [-0.3, -0.25) is 4.79 Å². The van der Waals surface area contributed by atoms with Gasteiger partial charge in [0.25, 0.3) is 0 Å². The van der Waals surface area contributed by atoms with E-state index < -0.39 is 6.04 Å². The van der Waals surface area contributed by atoms with E-state index in [2.05, 4.69) is 15.3 Å². The van der Waals surface area contributed by atoms with Crippen LogP contribution in [0.2, 0.25) is 0 Å². The molecule has 104 valence electrons. The molecule has 1 aromatic carbocycles. The van der Waals surface area contributed by atoms with E-state index in [1.807, 2.05) is 37.3 Å². The largest absolute Gasteiger partial charge is 0.349 e. The number of aromatic nitrogens is 2. The van der Waals surface area contributed by atoms with Crippen LogP contribution in [-0.4, -0.2) is 21.9 Å². The van der Waals surface area contributed by atoms with Crippen LogP contribution in [0.5, 0.6) is 0 Å². The van der Waals surface area contributed by atoms with Crippen LogP contribution in [0.3, 0.4) is 0 Å². The van der Waals surface area contributed by atoms with Crippen molar-refractivity contribution in [3.63, 3.8) is 0 Å². The fourth-order valence-corrected chi connectivity index (χ4v) is 1.87. The molecular weight excluding hydrogens is 252 g/mol. The third-order valence-corrected chi connectivity index (χ3v) is 2.91. The lowest BCUT2D eigenvalue weighted by molar-refractivity contribution is -0.122. The van der Waals surface area contributed by atoms with Gasteiger partial charge in [0.2, 0.25) is 5.91 Å². The summed E-state index contributed by atoms with van der Waals surface area (Å²) < 4.78 is 0. The van der Waals surface area contributed by atoms with E-state index in [4.69, 9.17) is 5.73 Å². The van der Waals surface area contributed by atoms with Gasteiger partial charge in [-0.25, -0.2) is 9.97 Å². The number of carbonyl (C=O) groups is 1. The topological polar surface area (TPSA) is 80.9 Å². The highest BCUT2D eigenvalue weighted by Crippen LogP contribution is 2.02. The number of nitrogens with two attached hydrogens (primary N) is 1. The first-order valence-corrected chi connectivity index (χ1v) is 6.51. The van der Waals surface area contributed by atoms with Crippen LogP contribution in [0.25, 0.3) is 0 Å². The Labute approximate surface area is 118 Å². The SMILES string of the molecule is Cc1nccc(CNC(=O)[C@@H](N)Cc2ccccc2)n1. The van der Waals surface area contributed by atoms with Crippen LogP contribution in [0.1, 0.15) is 17.1 Å². The summed E-state index contributed by atoms with van der Waals surface area (Å²) in [7, 11) is 0. The minimum absolute atomic E-state index is 0.176. The van der Waals surface area contributed by atoms with E-state index in [-0.39, 0.29) is 5.91 Å². The molecule has 1 atom stereocenters. The second kappa shape index (κ2) is 6.77. The fraction of sp³-hybridized carbons (Fsp3) is 0.267. The molecule has 0 radical (unpaired) electrons. The molecule has 0 aliphatic heterocycles. The summed E-state index contributed by atoms with van der Waals surface area (Å²) in [4.78, 5) is 20.2. The van der Waals surface area contributed by atoms with Crippen molar-refractivity contribution in [2.24, 2.45) is 5.73 Å². The summed E-state index contributed by atoms with van der Waals surface area (Å²) in [6.07, 6.45) is 2.20. The molecular formula is C15H18N4O. The average molecular weight is 270 g/mol. The number of hydrogen-bond acceptors (Lipinski definition) is 4. The molecule has 1 aromatic heterocycles. The number of nitrogens with zero attached hydrogens (tertiary/aromatic N) is 2. The molecule has 5 nitrogen and oxygen atoms in total. The Morgan fingerprint density at radius 1 is 1.30 bits per heavy atom. The van der Waals surface area contributed by atoms with E-state index in [0.717, 1.165) is 11.3 Å². The zero-order valence-electron chi connectivity index (χ0n) is 11.4. The van der Waals surface area contributed by atoms with Gasteiger partial charge < -0.3 is 11.1 Å². The lowest BCUT2D eigenvalue weighted by atomic mass is 10.1. The molecule has 0 aliphatic rings. The first-order valence-electron chi connectivity index (χ1n) is 6.51. The normalized spacial score (nSPS) is 11.9. The van der Waals surface area contributed by atoms with Crippen molar-refractivity contribution in [1.29, 1.82) is 0 Å². The van der Waals surface area contributed by atoms with E-state index in [0.29, 0.717) is 18.8 Å². The lowest BCUT2D eigenvalue weighted by Crippen LogP contribution is -2.41. The summed E-state index contributed by atoms with van der Waals surface area (Å²) >= 11 is 0. The predicted molar refractivity (Wildman–Crippen MR) is 76.7 cm³/mol. The van der Waals surface area contributed by atoms with Gasteiger partial charge in [0.15, 0.2) is 0 Å². The van der Waals surface area contributed by atoms with E-state index in [9.17, 15) is 4.79 Å². The van der Waals surface area contributed by atoms with Crippen molar-refractivity contribution >= 4 is 5.91 Å². The number of hydrogen-bond donors (Lipinski definition) is 2. The molecule has 0 fully saturated rings. The lowest BCUT2D eigenvalue weighted by Gasteiger charge is -2.12. The maximum atomic E-state index is 11.9. The van der Waals surface area contributed by atoms with Crippen molar-refractivity contribution in [2.75, 3.05) is 0 Å². The highest BCUT2D eigenvalue weighted by Gasteiger charge is 2.13. The first kappa shape index (κ1) is 14.1. The minimum Gasteiger partial charge on any atom is -0.349 e. The quantitative estimate of drug-likeness (QED) is 0.848. The first-order chi connectivity index (χ1) is 9.65. The van der Waals surface area contributed by atoms with Gasteiger partial charge in [-0.15, -0.1) is 0 Å². The van der Waals surface area contributed by atoms with Crippen molar-refractivity contribution in [3.8, 4) is 0 Å². The minimum atomic E-state index is -0.555. The van der Waals surface area contributed by atoms with E-state index in [1.165, 1.54) is 0 Å². The number of rotatable bonds is 5. The maximum Gasteiger partial charge on any atom is 0.237 e. The van der Waals surface area contributed by atoms with Crippen LogP contribution >= 0.6 is 0 Å². The zero-order chi connectivity index (χ0) is 14.4.